The van der Waals surface area contributed by atoms with Crippen molar-refractivity contribution in [3.8, 4) is 10.4 Å². The number of thiophene rings is 2. The van der Waals surface area contributed by atoms with Crippen molar-refractivity contribution in [2.75, 3.05) is 38.2 Å². The highest BCUT2D eigenvalue weighted by Gasteiger charge is 2.24. The van der Waals surface area contributed by atoms with Crippen molar-refractivity contribution < 1.29 is 23.9 Å². The summed E-state index contributed by atoms with van der Waals surface area (Å²) in [5.41, 5.74) is 1.43. The van der Waals surface area contributed by atoms with E-state index < -0.39 is 11.9 Å². The van der Waals surface area contributed by atoms with E-state index in [9.17, 15) is 14.4 Å². The second-order valence-electron chi connectivity index (χ2n) is 6.88. The van der Waals surface area contributed by atoms with Crippen LogP contribution in [0.4, 0.5) is 5.00 Å². The molecule has 0 bridgehead atoms. The van der Waals surface area contributed by atoms with Crippen molar-refractivity contribution in [1.29, 1.82) is 0 Å². The Morgan fingerprint density at radius 3 is 2.33 bits per heavy atom. The van der Waals surface area contributed by atoms with E-state index in [4.69, 9.17) is 9.47 Å². The zero-order valence-corrected chi connectivity index (χ0v) is 18.8. The Morgan fingerprint density at radius 1 is 1.00 bits per heavy atom. The predicted octanol–water partition coefficient (Wildman–Crippen LogP) is 4.25. The SMILES string of the molecule is CCOC(=O)c1cscc1-c1cc(C(=O)OCC)c(NC(=O)CN2CCCCC2)s1. The molecule has 2 aromatic heterocycles. The van der Waals surface area contributed by atoms with Crippen LogP contribution in [0.3, 0.4) is 0 Å². The van der Waals surface area contributed by atoms with Crippen LogP contribution in [0.25, 0.3) is 10.4 Å². The molecular weight excluding hydrogens is 424 g/mol. The number of carbonyl (C=O) groups excluding carboxylic acids is 3. The number of nitrogens with zero attached hydrogens (tertiary/aromatic N) is 1. The number of amides is 1. The van der Waals surface area contributed by atoms with Crippen molar-refractivity contribution >= 4 is 45.5 Å². The summed E-state index contributed by atoms with van der Waals surface area (Å²) in [6, 6.07) is 1.67. The number of hydrogen-bond donors (Lipinski definition) is 1. The van der Waals surface area contributed by atoms with Crippen molar-refractivity contribution in [1.82, 2.24) is 4.90 Å². The average molecular weight is 451 g/mol. The van der Waals surface area contributed by atoms with Gasteiger partial charge in [-0.05, 0) is 45.8 Å². The number of hydrogen-bond acceptors (Lipinski definition) is 8. The molecule has 2 aromatic rings. The topological polar surface area (TPSA) is 84.9 Å². The fourth-order valence-corrected chi connectivity index (χ4v) is 5.30. The summed E-state index contributed by atoms with van der Waals surface area (Å²) >= 11 is 2.64. The molecule has 1 aliphatic heterocycles. The number of piperidine rings is 1. The van der Waals surface area contributed by atoms with Crippen LogP contribution in [0.15, 0.2) is 16.8 Å². The quantitative estimate of drug-likeness (QED) is 0.605. The van der Waals surface area contributed by atoms with Crippen molar-refractivity contribution in [3.63, 3.8) is 0 Å². The van der Waals surface area contributed by atoms with Gasteiger partial charge in [-0.1, -0.05) is 6.42 Å². The van der Waals surface area contributed by atoms with Crippen LogP contribution in [0, 0.1) is 0 Å². The van der Waals surface area contributed by atoms with E-state index in [1.807, 2.05) is 5.38 Å². The first-order chi connectivity index (χ1) is 14.5. The smallest absolute Gasteiger partial charge is 0.341 e. The van der Waals surface area contributed by atoms with Crippen molar-refractivity contribution in [3.05, 3.63) is 28.0 Å². The highest BCUT2D eigenvalue weighted by Crippen LogP contribution is 2.39. The Hall–Kier alpha value is -2.23. The third kappa shape index (κ3) is 5.47. The molecule has 0 aromatic carbocycles. The molecule has 7 nitrogen and oxygen atoms in total. The largest absolute Gasteiger partial charge is 0.462 e. The van der Waals surface area contributed by atoms with Crippen molar-refractivity contribution in [2.24, 2.45) is 0 Å². The summed E-state index contributed by atoms with van der Waals surface area (Å²) in [6.45, 7) is 6.11. The minimum Gasteiger partial charge on any atom is -0.462 e. The minimum atomic E-state index is -0.499. The summed E-state index contributed by atoms with van der Waals surface area (Å²) in [6.07, 6.45) is 3.39. The van der Waals surface area contributed by atoms with E-state index >= 15 is 0 Å². The molecule has 1 amide bonds. The molecule has 30 heavy (non-hydrogen) atoms. The van der Waals surface area contributed by atoms with E-state index in [0.717, 1.165) is 25.9 Å². The molecule has 0 radical (unpaired) electrons. The van der Waals surface area contributed by atoms with Crippen LogP contribution in [-0.2, 0) is 14.3 Å². The molecule has 1 N–H and O–H groups in total. The zero-order valence-electron chi connectivity index (χ0n) is 17.2. The molecule has 0 aliphatic carbocycles. The van der Waals surface area contributed by atoms with Crippen LogP contribution < -0.4 is 5.32 Å². The van der Waals surface area contributed by atoms with Gasteiger partial charge in [0.1, 0.15) is 5.00 Å². The Bertz CT molecular complexity index is 899. The second-order valence-corrected chi connectivity index (χ2v) is 8.67. The number of rotatable bonds is 8. The standard InChI is InChI=1S/C21H26N2O5S2/c1-3-27-20(25)14-10-17(15-12-29-13-16(15)21(26)28-4-2)30-19(14)22-18(24)11-23-8-6-5-7-9-23/h10,12-13H,3-9,11H2,1-2H3,(H,22,24). The van der Waals surface area contributed by atoms with Gasteiger partial charge in [-0.3, -0.25) is 9.69 Å². The van der Waals surface area contributed by atoms with Gasteiger partial charge < -0.3 is 14.8 Å². The lowest BCUT2D eigenvalue weighted by molar-refractivity contribution is -0.117. The molecule has 1 fully saturated rings. The number of likely N-dealkylation sites (tertiary alicyclic amines) is 1. The van der Waals surface area contributed by atoms with Gasteiger partial charge >= 0.3 is 11.9 Å². The van der Waals surface area contributed by atoms with Gasteiger partial charge in [0, 0.05) is 21.2 Å². The van der Waals surface area contributed by atoms with Crippen LogP contribution in [-0.4, -0.2) is 55.6 Å². The number of ether oxygens (including phenoxy) is 2. The van der Waals surface area contributed by atoms with Gasteiger partial charge in [-0.2, -0.15) is 11.3 Å². The summed E-state index contributed by atoms with van der Waals surface area (Å²) in [5, 5.41) is 6.88. The molecule has 3 rings (SSSR count). The number of carbonyl (C=O) groups is 3. The molecule has 1 aliphatic rings. The van der Waals surface area contributed by atoms with Crippen LogP contribution in [0.5, 0.6) is 0 Å². The summed E-state index contributed by atoms with van der Waals surface area (Å²) in [7, 11) is 0. The lowest BCUT2D eigenvalue weighted by atomic mass is 10.1. The highest BCUT2D eigenvalue weighted by atomic mass is 32.1. The van der Waals surface area contributed by atoms with Gasteiger partial charge in [0.25, 0.3) is 0 Å². The summed E-state index contributed by atoms with van der Waals surface area (Å²) < 4.78 is 10.3. The first-order valence-corrected chi connectivity index (χ1v) is 11.9. The Labute approximate surface area is 184 Å². The van der Waals surface area contributed by atoms with Crippen LogP contribution in [0.1, 0.15) is 53.8 Å². The molecule has 9 heteroatoms. The third-order valence-electron chi connectivity index (χ3n) is 4.72. The molecule has 0 unspecified atom stereocenters. The van der Waals surface area contributed by atoms with Gasteiger partial charge in [-0.25, -0.2) is 9.59 Å². The maximum Gasteiger partial charge on any atom is 0.341 e. The van der Waals surface area contributed by atoms with E-state index in [0.29, 0.717) is 33.1 Å². The Kier molecular flexibility index (Phi) is 8.01. The van der Waals surface area contributed by atoms with Gasteiger partial charge in [0.05, 0.1) is 30.9 Å². The van der Waals surface area contributed by atoms with Gasteiger partial charge in [0.2, 0.25) is 5.91 Å². The first kappa shape index (κ1) is 22.5. The van der Waals surface area contributed by atoms with E-state index in [2.05, 4.69) is 10.2 Å². The molecule has 3 heterocycles. The third-order valence-corrected chi connectivity index (χ3v) is 6.55. The molecular formula is C21H26N2O5S2. The van der Waals surface area contributed by atoms with Gasteiger partial charge in [0.15, 0.2) is 0 Å². The minimum absolute atomic E-state index is 0.160. The lowest BCUT2D eigenvalue weighted by Crippen LogP contribution is -2.36. The van der Waals surface area contributed by atoms with E-state index in [-0.39, 0.29) is 19.1 Å². The molecule has 0 atom stereocenters. The summed E-state index contributed by atoms with van der Waals surface area (Å²) in [5.74, 6) is -1.07. The fraction of sp³-hybridized carbons (Fsp3) is 0.476. The van der Waals surface area contributed by atoms with E-state index in [1.54, 1.807) is 25.3 Å². The van der Waals surface area contributed by atoms with Crippen molar-refractivity contribution in [2.45, 2.75) is 33.1 Å². The fourth-order valence-electron chi connectivity index (χ4n) is 3.32. The Morgan fingerprint density at radius 2 is 1.67 bits per heavy atom. The maximum atomic E-state index is 12.6. The first-order valence-electron chi connectivity index (χ1n) is 10.1. The second kappa shape index (κ2) is 10.7. The predicted molar refractivity (Wildman–Crippen MR) is 118 cm³/mol. The lowest BCUT2D eigenvalue weighted by Gasteiger charge is -2.25. The number of esters is 2. The average Bonchev–Trinajstić information content (AvgIpc) is 3.36. The summed E-state index contributed by atoms with van der Waals surface area (Å²) in [4.78, 5) is 40.1. The molecule has 1 saturated heterocycles. The van der Waals surface area contributed by atoms with E-state index in [1.165, 1.54) is 29.1 Å². The molecule has 0 spiro atoms. The number of nitrogens with one attached hydrogen (secondary N) is 1. The zero-order chi connectivity index (χ0) is 21.5. The Balaban J connectivity index is 1.84. The normalized spacial score (nSPS) is 14.3. The van der Waals surface area contributed by atoms with Crippen LogP contribution in [0.2, 0.25) is 0 Å². The molecule has 0 saturated carbocycles. The maximum absolute atomic E-state index is 12.6. The monoisotopic (exact) mass is 450 g/mol. The number of anilines is 1. The highest BCUT2D eigenvalue weighted by molar-refractivity contribution is 7.20. The van der Waals surface area contributed by atoms with Gasteiger partial charge in [-0.15, -0.1) is 11.3 Å². The molecule has 162 valence electrons. The van der Waals surface area contributed by atoms with Crippen LogP contribution >= 0.6 is 22.7 Å².